The van der Waals surface area contributed by atoms with Crippen LogP contribution < -0.4 is 99.3 Å². The van der Waals surface area contributed by atoms with Crippen molar-refractivity contribution in [2.75, 3.05) is 39.8 Å². The second-order valence-corrected chi connectivity index (χ2v) is 18.6. The van der Waals surface area contributed by atoms with E-state index < -0.39 is 23.3 Å². The van der Waals surface area contributed by atoms with Gasteiger partial charge in [-0.25, -0.2) is 0 Å². The zero-order valence-corrected chi connectivity index (χ0v) is 58.8. The van der Waals surface area contributed by atoms with Crippen LogP contribution in [0.3, 0.4) is 0 Å². The Labute approximate surface area is 617 Å². The number of carbonyl (C=O) groups excluding carboxylic acids is 1. The topological polar surface area (TPSA) is 417 Å². The number of aryl methyl sites for hydroxylation is 3. The second kappa shape index (κ2) is 68.2. The summed E-state index contributed by atoms with van der Waals surface area (Å²) in [5.41, 5.74) is 29.7. The van der Waals surface area contributed by atoms with Crippen molar-refractivity contribution < 1.29 is 92.5 Å². The summed E-state index contributed by atoms with van der Waals surface area (Å²) in [4.78, 5) is 75.2. The average Bonchev–Trinajstić information content (AvgIpc) is 0.850. The van der Waals surface area contributed by atoms with Gasteiger partial charge in [0.25, 0.3) is 0 Å². The van der Waals surface area contributed by atoms with Crippen molar-refractivity contribution in [1.82, 2.24) is 9.13 Å². The zero-order valence-electron chi connectivity index (χ0n) is 55.2. The number of hydrogen-bond acceptors (Lipinski definition) is 20. The standard InChI is InChI=1S/C16H20N2O2.C15H15NO4.C13H12O3.C7H7Cl.C6H6O3.C3H10N2.C3H7NO2.C2H5NO2.C2H6.CH4O.4CH4.ClH.Na/c1-13-16(20-12-14-6-3-2-4-7-14)15(19)8-11-18(13)10-5-9-17;1-11-15(20-10-12-5-3-2-4-6-12)13(17)7-8-16(11)9-14(18)19;1-10-13(12(14)7-8-15-10)16-9-11-5-3-2-4-6-11;8-6-7-4-2-1-3-5-7;1-4-6(8)5(7)2-3-9-4;4-2-1-3-5;4-2-1-3(5)6;3-1-2(4)5;2*1-2;;;;;;/h2-4,6-8,11H,5,9-10,12,17H2,1H3;2-8H,9-10H2,1H3,(H,18,19);2-8H,9H2,1H3;1-5H,6H2;2-3,8H,1H3;1-5H2;1-2,4H2,(H,5,6);1,3H2,(H,4,5);1-2H3;2H,1H3;4*1H4;1H;/q;;;;;;;;;;;;;;;+1/p-1. The number of nitrogens with zero attached hydrogens (tertiary/aromatic N) is 2. The molecule has 0 fully saturated rings. The zero-order chi connectivity index (χ0) is 70.4. The summed E-state index contributed by atoms with van der Waals surface area (Å²) in [7, 11) is 1.00. The Hall–Kier alpha value is -8.37. The fourth-order valence-electron chi connectivity index (χ4n) is 6.66. The molecule has 27 heteroatoms. The fraction of sp³-hybridized carbons (Fsp3) is 0.347. The molecule has 0 atom stereocenters. The molecule has 0 saturated carbocycles. The number of aliphatic hydroxyl groups is 1. The van der Waals surface area contributed by atoms with Crippen LogP contribution in [-0.2, 0) is 53.2 Å². The Morgan fingerprint density at radius 2 is 0.828 bits per heavy atom. The number of ether oxygens (including phenoxy) is 3. The van der Waals surface area contributed by atoms with E-state index in [0.717, 1.165) is 62.0 Å². The van der Waals surface area contributed by atoms with Gasteiger partial charge in [0, 0.05) is 69.3 Å². The Bertz CT molecular complexity index is 3510. The van der Waals surface area contributed by atoms with Crippen LogP contribution in [0.2, 0.25) is 0 Å². The van der Waals surface area contributed by atoms with Gasteiger partial charge in [-0.15, -0.1) is 24.0 Å². The molecule has 24 nitrogen and oxygen atoms in total. The summed E-state index contributed by atoms with van der Waals surface area (Å²) in [5, 5.41) is 41.6. The summed E-state index contributed by atoms with van der Waals surface area (Å²) >= 11 is 5.53. The van der Waals surface area contributed by atoms with Crippen molar-refractivity contribution >= 4 is 41.9 Å². The molecule has 0 spiro atoms. The summed E-state index contributed by atoms with van der Waals surface area (Å²) < 4.78 is 30.0. The predicted molar refractivity (Wildman–Crippen MR) is 393 cm³/mol. The maximum atomic E-state index is 11.9. The van der Waals surface area contributed by atoms with Crippen LogP contribution in [-0.4, -0.2) is 87.3 Å². The number of pyridine rings is 2. The molecule has 4 heterocycles. The minimum absolute atomic E-state index is 0. The van der Waals surface area contributed by atoms with Crippen molar-refractivity contribution in [3.63, 3.8) is 0 Å². The molecule has 0 aliphatic heterocycles. The smallest absolute Gasteiger partial charge is 0.549 e. The van der Waals surface area contributed by atoms with Crippen molar-refractivity contribution in [2.24, 2.45) is 28.7 Å². The summed E-state index contributed by atoms with van der Waals surface area (Å²) in [5.74, 6) is -1.06. The van der Waals surface area contributed by atoms with E-state index in [-0.39, 0.29) is 144 Å². The molecule has 548 valence electrons. The molecule has 0 saturated heterocycles. The third-order valence-corrected chi connectivity index (χ3v) is 11.6. The van der Waals surface area contributed by atoms with Gasteiger partial charge in [-0.2, -0.15) is 0 Å². The van der Waals surface area contributed by atoms with Crippen LogP contribution in [0.4, 0.5) is 0 Å². The monoisotopic (exact) mass is 1440 g/mol. The molecule has 0 aliphatic carbocycles. The average molecular weight is 1440 g/mol. The van der Waals surface area contributed by atoms with E-state index in [4.69, 9.17) is 83.5 Å². The van der Waals surface area contributed by atoms with Gasteiger partial charge in [-0.3, -0.25) is 28.8 Å². The summed E-state index contributed by atoms with van der Waals surface area (Å²) in [6, 6.07) is 44.3. The molecule has 99 heavy (non-hydrogen) atoms. The first-order chi connectivity index (χ1) is 44.7. The Balaban J connectivity index is -0.000000164. The minimum Gasteiger partial charge on any atom is -0.549 e. The molecule has 4 aromatic carbocycles. The second-order valence-electron chi connectivity index (χ2n) is 18.3. The molecule has 4 aromatic heterocycles. The number of aliphatic hydroxyl groups excluding tert-OH is 1. The maximum absolute atomic E-state index is 11.9. The number of halogens is 2. The first-order valence-electron chi connectivity index (χ1n) is 29.1. The van der Waals surface area contributed by atoms with Crippen LogP contribution in [0.25, 0.3) is 0 Å². The van der Waals surface area contributed by atoms with Gasteiger partial charge in [0.2, 0.25) is 33.2 Å². The first-order valence-corrected chi connectivity index (χ1v) is 29.7. The molecule has 14 N–H and O–H groups in total. The number of aromatic nitrogens is 2. The molecule has 0 aliphatic rings. The molecular weight excluding hydrogens is 1330 g/mol. The number of carbonyl (C=O) groups is 3. The van der Waals surface area contributed by atoms with Gasteiger partial charge in [0.1, 0.15) is 37.9 Å². The summed E-state index contributed by atoms with van der Waals surface area (Å²) in [6.07, 6.45) is 7.76. The third kappa shape index (κ3) is 49.7. The number of nitrogens with two attached hydrogens (primary N) is 5. The largest absolute Gasteiger partial charge is 1.00 e. The van der Waals surface area contributed by atoms with E-state index in [1.807, 2.05) is 147 Å². The Morgan fingerprint density at radius 1 is 0.495 bits per heavy atom. The molecular formula is C72H108Cl2N7NaO17. The van der Waals surface area contributed by atoms with Crippen LogP contribution in [0, 0.1) is 27.7 Å². The number of alkyl halides is 1. The normalized spacial score (nSPS) is 8.83. The van der Waals surface area contributed by atoms with Gasteiger partial charge < -0.3 is 91.2 Å². The molecule has 8 rings (SSSR count). The van der Waals surface area contributed by atoms with Crippen LogP contribution in [0.5, 0.6) is 23.0 Å². The van der Waals surface area contributed by atoms with E-state index in [2.05, 4.69) is 10.2 Å². The van der Waals surface area contributed by atoms with E-state index >= 15 is 0 Å². The van der Waals surface area contributed by atoms with Crippen LogP contribution >= 0.6 is 24.0 Å². The van der Waals surface area contributed by atoms with Crippen LogP contribution in [0.15, 0.2) is 199 Å². The van der Waals surface area contributed by atoms with Gasteiger partial charge in [-0.1, -0.05) is 165 Å². The van der Waals surface area contributed by atoms with Gasteiger partial charge >= 0.3 is 41.5 Å². The van der Waals surface area contributed by atoms with E-state index in [1.165, 1.54) is 54.0 Å². The predicted octanol–water partition coefficient (Wildman–Crippen LogP) is 6.52. The molecule has 0 unspecified atom stereocenters. The summed E-state index contributed by atoms with van der Waals surface area (Å²) in [6.45, 7) is 14.4. The number of aromatic hydroxyl groups is 1. The van der Waals surface area contributed by atoms with Crippen molar-refractivity contribution in [3.05, 3.63) is 257 Å². The molecule has 8 aromatic rings. The number of aliphatic carboxylic acids is 3. The third-order valence-electron chi connectivity index (χ3n) is 11.3. The van der Waals surface area contributed by atoms with Gasteiger partial charge in [0.05, 0.1) is 36.3 Å². The van der Waals surface area contributed by atoms with Crippen molar-refractivity contribution in [3.8, 4) is 23.0 Å². The maximum Gasteiger partial charge on any atom is 1.00 e. The van der Waals surface area contributed by atoms with E-state index in [0.29, 0.717) is 42.8 Å². The Morgan fingerprint density at radius 3 is 1.11 bits per heavy atom. The number of rotatable bonds is 20. The van der Waals surface area contributed by atoms with Gasteiger partial charge in [0.15, 0.2) is 11.5 Å². The Kier molecular flexibility index (Phi) is 73.4. The number of carboxylic acids is 3. The quantitative estimate of drug-likeness (QED) is 0.0289. The van der Waals surface area contributed by atoms with Gasteiger partial charge in [-0.05, 0) is 82.4 Å². The van der Waals surface area contributed by atoms with E-state index in [1.54, 1.807) is 26.1 Å². The number of carboxylic acid groups (broad SMARTS) is 3. The number of hydrogen-bond donors (Lipinski definition) is 9. The van der Waals surface area contributed by atoms with Crippen molar-refractivity contribution in [1.29, 1.82) is 0 Å². The van der Waals surface area contributed by atoms with Crippen molar-refractivity contribution in [2.45, 2.75) is 129 Å². The molecule has 0 bridgehead atoms. The fourth-order valence-corrected chi connectivity index (χ4v) is 6.84. The van der Waals surface area contributed by atoms with E-state index in [9.17, 15) is 28.8 Å². The number of benzene rings is 4. The minimum atomic E-state index is -1.22. The molecule has 0 amide bonds. The first kappa shape index (κ1) is 107. The van der Waals surface area contributed by atoms with Crippen LogP contribution in [0.1, 0.15) is 108 Å². The SMILES string of the molecule is C.C.C.C.CC.CO.Cc1c(OCc2ccccc2)c(=O)ccn1CC(=O)O.Cc1c(OCc2ccccc2)c(=O)ccn1CCCN.Cc1occc(=O)c1O.Cc1occc(=O)c1OCc1ccccc1.Cl.ClCc1ccccc1.NCC(=O)[O-].NCCC(=O)O.NCCCN.[Na+]. The molecule has 0 radical (unpaired) electrons.